The lowest BCUT2D eigenvalue weighted by Crippen LogP contribution is -2.46. The Morgan fingerprint density at radius 1 is 1.17 bits per heavy atom. The van der Waals surface area contributed by atoms with Crippen molar-refractivity contribution in [3.05, 3.63) is 0 Å². The summed E-state index contributed by atoms with van der Waals surface area (Å²) in [6, 6.07) is 0. The molecule has 2 fully saturated rings. The number of hydrogen-bond acceptors (Lipinski definition) is 3. The lowest BCUT2D eigenvalue weighted by Gasteiger charge is -2.31. The third-order valence-corrected chi connectivity index (χ3v) is 6.15. The Morgan fingerprint density at radius 3 is 2.26 bits per heavy atom. The molecule has 0 radical (unpaired) electrons. The van der Waals surface area contributed by atoms with Crippen LogP contribution in [-0.4, -0.2) is 50.4 Å². The van der Waals surface area contributed by atoms with Gasteiger partial charge in [0, 0.05) is 26.2 Å². The average Bonchev–Trinajstić information content (AvgIpc) is 2.42. The molecule has 1 saturated carbocycles. The molecule has 2 rings (SSSR count). The zero-order chi connectivity index (χ0) is 17.1. The quantitative estimate of drug-likeness (QED) is 0.573. The standard InChI is InChI=1S/C13H23F3N4O2S/c14-13(15,16)23(21,22)20-6-4-11(5-7-20)9-19-12(17)18-8-10-2-1-3-10/h10-11H,1-9H2,(H3,17,18,19). The van der Waals surface area contributed by atoms with Gasteiger partial charge in [-0.25, -0.2) is 8.42 Å². The number of piperidine rings is 1. The summed E-state index contributed by atoms with van der Waals surface area (Å²) in [7, 11) is -5.20. The van der Waals surface area contributed by atoms with E-state index in [9.17, 15) is 21.6 Å². The average molecular weight is 356 g/mol. The second kappa shape index (κ2) is 7.25. The number of sulfonamides is 1. The molecule has 0 spiro atoms. The number of rotatable bonds is 5. The van der Waals surface area contributed by atoms with Crippen LogP contribution in [0, 0.1) is 11.8 Å². The monoisotopic (exact) mass is 356 g/mol. The van der Waals surface area contributed by atoms with Gasteiger partial charge < -0.3 is 11.1 Å². The molecule has 0 aromatic rings. The van der Waals surface area contributed by atoms with Crippen molar-refractivity contribution in [3.8, 4) is 0 Å². The summed E-state index contributed by atoms with van der Waals surface area (Å²) >= 11 is 0. The summed E-state index contributed by atoms with van der Waals surface area (Å²) in [5.74, 6) is 1.06. The Morgan fingerprint density at radius 2 is 1.78 bits per heavy atom. The van der Waals surface area contributed by atoms with E-state index in [1.807, 2.05) is 0 Å². The molecule has 0 atom stereocenters. The summed E-state index contributed by atoms with van der Waals surface area (Å²) in [6.45, 7) is 0.974. The van der Waals surface area contributed by atoms with Crippen molar-refractivity contribution >= 4 is 16.0 Å². The van der Waals surface area contributed by atoms with Crippen LogP contribution in [0.5, 0.6) is 0 Å². The van der Waals surface area contributed by atoms with E-state index < -0.39 is 15.5 Å². The smallest absolute Gasteiger partial charge is 0.370 e. The summed E-state index contributed by atoms with van der Waals surface area (Å²) in [4.78, 5) is 4.25. The van der Waals surface area contributed by atoms with Crippen LogP contribution in [-0.2, 0) is 10.0 Å². The first kappa shape index (κ1) is 18.3. The predicted molar refractivity (Wildman–Crippen MR) is 81.1 cm³/mol. The van der Waals surface area contributed by atoms with Crippen LogP contribution >= 0.6 is 0 Å². The molecule has 0 amide bonds. The number of nitrogens with two attached hydrogens (primary N) is 1. The number of nitrogens with one attached hydrogen (secondary N) is 1. The Hall–Kier alpha value is -1.03. The highest BCUT2D eigenvalue weighted by Crippen LogP contribution is 2.30. The van der Waals surface area contributed by atoms with Gasteiger partial charge >= 0.3 is 15.5 Å². The van der Waals surface area contributed by atoms with E-state index in [2.05, 4.69) is 10.3 Å². The fourth-order valence-corrected chi connectivity index (χ4v) is 3.69. The van der Waals surface area contributed by atoms with Crippen molar-refractivity contribution in [1.82, 2.24) is 9.62 Å². The predicted octanol–water partition coefficient (Wildman–Crippen LogP) is 1.25. The van der Waals surface area contributed by atoms with Gasteiger partial charge in [-0.2, -0.15) is 17.5 Å². The molecule has 134 valence electrons. The van der Waals surface area contributed by atoms with E-state index in [1.54, 1.807) is 0 Å². The molecule has 1 aliphatic heterocycles. The molecule has 0 aromatic carbocycles. The van der Waals surface area contributed by atoms with E-state index in [0.717, 1.165) is 0 Å². The molecular weight excluding hydrogens is 333 g/mol. The van der Waals surface area contributed by atoms with Gasteiger partial charge in [-0.3, -0.25) is 4.99 Å². The van der Waals surface area contributed by atoms with Crippen LogP contribution in [0.3, 0.4) is 0 Å². The molecule has 0 unspecified atom stereocenters. The number of nitrogens with zero attached hydrogens (tertiary/aromatic N) is 2. The van der Waals surface area contributed by atoms with Crippen LogP contribution in [0.2, 0.25) is 0 Å². The highest BCUT2D eigenvalue weighted by Gasteiger charge is 2.50. The van der Waals surface area contributed by atoms with Crippen molar-refractivity contribution < 1.29 is 21.6 Å². The van der Waals surface area contributed by atoms with E-state index in [4.69, 9.17) is 5.73 Å². The molecule has 1 heterocycles. The summed E-state index contributed by atoms with van der Waals surface area (Å²) in [5, 5.41) is 2.98. The molecule has 1 aliphatic carbocycles. The third-order valence-electron chi connectivity index (χ3n) is 4.52. The van der Waals surface area contributed by atoms with Crippen molar-refractivity contribution in [3.63, 3.8) is 0 Å². The van der Waals surface area contributed by atoms with Gasteiger partial charge in [0.25, 0.3) is 0 Å². The highest BCUT2D eigenvalue weighted by molar-refractivity contribution is 7.90. The van der Waals surface area contributed by atoms with Gasteiger partial charge in [0.15, 0.2) is 5.96 Å². The molecule has 23 heavy (non-hydrogen) atoms. The highest BCUT2D eigenvalue weighted by atomic mass is 32.2. The number of halogens is 3. The van der Waals surface area contributed by atoms with Crippen LogP contribution in [0.1, 0.15) is 32.1 Å². The van der Waals surface area contributed by atoms with Crippen molar-refractivity contribution in [2.24, 2.45) is 22.6 Å². The fourth-order valence-electron chi connectivity index (χ4n) is 2.71. The van der Waals surface area contributed by atoms with E-state index in [-0.39, 0.29) is 19.0 Å². The van der Waals surface area contributed by atoms with Gasteiger partial charge in [0.05, 0.1) is 0 Å². The maximum absolute atomic E-state index is 12.5. The normalized spacial score (nSPS) is 22.8. The van der Waals surface area contributed by atoms with Crippen LogP contribution in [0.25, 0.3) is 0 Å². The first-order valence-electron chi connectivity index (χ1n) is 7.80. The molecule has 0 bridgehead atoms. The van der Waals surface area contributed by atoms with Crippen molar-refractivity contribution in [2.45, 2.75) is 37.6 Å². The fraction of sp³-hybridized carbons (Fsp3) is 0.923. The Labute approximate surface area is 134 Å². The Kier molecular flexibility index (Phi) is 5.77. The Balaban J connectivity index is 1.72. The number of aliphatic imine (C=N–C) groups is 1. The Bertz CT molecular complexity index is 524. The third kappa shape index (κ3) is 4.72. The maximum Gasteiger partial charge on any atom is 0.511 e. The second-order valence-corrected chi connectivity index (χ2v) is 8.13. The SMILES string of the molecule is NC(=NCC1CCC1)NCC1CCN(S(=O)(=O)C(F)(F)F)CC1. The van der Waals surface area contributed by atoms with Crippen LogP contribution < -0.4 is 11.1 Å². The largest absolute Gasteiger partial charge is 0.511 e. The molecule has 10 heteroatoms. The van der Waals surface area contributed by atoms with Crippen molar-refractivity contribution in [1.29, 1.82) is 0 Å². The number of hydrogen-bond donors (Lipinski definition) is 2. The minimum Gasteiger partial charge on any atom is -0.370 e. The maximum atomic E-state index is 12.5. The molecule has 0 aromatic heterocycles. The number of alkyl halides is 3. The molecule has 3 N–H and O–H groups in total. The second-order valence-electron chi connectivity index (χ2n) is 6.20. The van der Waals surface area contributed by atoms with Gasteiger partial charge in [-0.15, -0.1) is 0 Å². The first-order chi connectivity index (χ1) is 10.7. The molecule has 6 nitrogen and oxygen atoms in total. The topological polar surface area (TPSA) is 87.8 Å². The molecule has 2 aliphatic rings. The van der Waals surface area contributed by atoms with E-state index in [0.29, 0.717) is 42.1 Å². The van der Waals surface area contributed by atoms with Crippen LogP contribution in [0.4, 0.5) is 13.2 Å². The summed E-state index contributed by atoms with van der Waals surface area (Å²) in [5.41, 5.74) is 0.530. The first-order valence-corrected chi connectivity index (χ1v) is 9.24. The van der Waals surface area contributed by atoms with Crippen LogP contribution in [0.15, 0.2) is 4.99 Å². The van der Waals surface area contributed by atoms with Gasteiger partial charge in [-0.05, 0) is 37.5 Å². The van der Waals surface area contributed by atoms with Gasteiger partial charge in [0.1, 0.15) is 0 Å². The zero-order valence-corrected chi connectivity index (χ0v) is 13.7. The minimum atomic E-state index is -5.23. The molecule has 1 saturated heterocycles. The van der Waals surface area contributed by atoms with E-state index in [1.165, 1.54) is 19.3 Å². The zero-order valence-electron chi connectivity index (χ0n) is 12.8. The van der Waals surface area contributed by atoms with E-state index >= 15 is 0 Å². The summed E-state index contributed by atoms with van der Waals surface area (Å²) < 4.78 is 60.6. The minimum absolute atomic E-state index is 0.0899. The van der Waals surface area contributed by atoms with Gasteiger partial charge in [-0.1, -0.05) is 6.42 Å². The summed E-state index contributed by atoms with van der Waals surface area (Å²) in [6.07, 6.45) is 4.36. The molecular formula is C13H23F3N4O2S. The van der Waals surface area contributed by atoms with Gasteiger partial charge in [0.2, 0.25) is 0 Å². The number of guanidine groups is 1. The van der Waals surface area contributed by atoms with Crippen molar-refractivity contribution in [2.75, 3.05) is 26.2 Å². The lowest BCUT2D eigenvalue weighted by atomic mass is 9.86. The lowest BCUT2D eigenvalue weighted by molar-refractivity contribution is -0.0496.